The molecule has 0 aliphatic carbocycles. The Bertz CT molecular complexity index is 597. The predicted molar refractivity (Wildman–Crippen MR) is 58.6 cm³/mol. The quantitative estimate of drug-likeness (QED) is 0.763. The van der Waals surface area contributed by atoms with Crippen molar-refractivity contribution in [3.63, 3.8) is 0 Å². The molecule has 0 fully saturated rings. The Morgan fingerprint density at radius 1 is 1.44 bits per heavy atom. The molecule has 0 aromatic carbocycles. The highest BCUT2D eigenvalue weighted by Gasteiger charge is 2.17. The summed E-state index contributed by atoms with van der Waals surface area (Å²) in [5.74, 6) is 0.383. The molecule has 0 radical (unpaired) electrons. The van der Waals surface area contributed by atoms with Crippen LogP contribution < -0.4 is 0 Å². The summed E-state index contributed by atoms with van der Waals surface area (Å²) in [7, 11) is 0. The smallest absolute Gasteiger partial charge is 0.166 e. The minimum Gasteiger partial charge on any atom is -0.301 e. The van der Waals surface area contributed by atoms with Crippen LogP contribution in [0, 0.1) is 22.7 Å². The van der Waals surface area contributed by atoms with Gasteiger partial charge in [0.15, 0.2) is 5.69 Å². The molecular formula is C12H10N4. The zero-order chi connectivity index (χ0) is 11.5. The Morgan fingerprint density at radius 3 is 2.88 bits per heavy atom. The first-order valence-electron chi connectivity index (χ1n) is 5.08. The lowest BCUT2D eigenvalue weighted by Gasteiger charge is -2.03. The second-order valence-electron chi connectivity index (χ2n) is 3.48. The van der Waals surface area contributed by atoms with Crippen molar-refractivity contribution in [2.75, 3.05) is 0 Å². The highest BCUT2D eigenvalue weighted by molar-refractivity contribution is 5.59. The molecule has 0 saturated carbocycles. The fourth-order valence-corrected chi connectivity index (χ4v) is 1.72. The van der Waals surface area contributed by atoms with E-state index in [-0.39, 0.29) is 5.92 Å². The van der Waals surface area contributed by atoms with Crippen LogP contribution in [-0.2, 0) is 0 Å². The lowest BCUT2D eigenvalue weighted by atomic mass is 10.1. The fraction of sp³-hybridized carbons (Fsp3) is 0.250. The zero-order valence-corrected chi connectivity index (χ0v) is 8.88. The van der Waals surface area contributed by atoms with Crippen LogP contribution in [0.15, 0.2) is 24.4 Å². The molecule has 0 aliphatic rings. The van der Waals surface area contributed by atoms with Gasteiger partial charge < -0.3 is 4.40 Å². The highest BCUT2D eigenvalue weighted by Crippen LogP contribution is 2.21. The molecule has 2 heterocycles. The Labute approximate surface area is 93.4 Å². The number of hydrogen-bond donors (Lipinski definition) is 0. The van der Waals surface area contributed by atoms with E-state index in [2.05, 4.69) is 17.1 Å². The van der Waals surface area contributed by atoms with Gasteiger partial charge in [0, 0.05) is 6.20 Å². The van der Waals surface area contributed by atoms with Crippen molar-refractivity contribution < 1.29 is 0 Å². The van der Waals surface area contributed by atoms with Gasteiger partial charge in [-0.25, -0.2) is 4.98 Å². The van der Waals surface area contributed by atoms with Crippen molar-refractivity contribution in [1.29, 1.82) is 10.5 Å². The largest absolute Gasteiger partial charge is 0.301 e. The van der Waals surface area contributed by atoms with Gasteiger partial charge in [0.05, 0.1) is 11.6 Å². The van der Waals surface area contributed by atoms with E-state index in [1.54, 1.807) is 0 Å². The number of imidazole rings is 1. The average Bonchev–Trinajstić information content (AvgIpc) is 2.70. The molecule has 1 atom stereocenters. The van der Waals surface area contributed by atoms with Gasteiger partial charge in [-0.2, -0.15) is 10.5 Å². The molecule has 78 valence electrons. The third-order valence-electron chi connectivity index (χ3n) is 2.56. The number of nitriles is 2. The second kappa shape index (κ2) is 4.04. The molecule has 4 nitrogen and oxygen atoms in total. The Kier molecular flexibility index (Phi) is 2.57. The number of hydrogen-bond acceptors (Lipinski definition) is 3. The molecule has 0 aliphatic heterocycles. The number of fused-ring (bicyclic) bond motifs is 1. The molecule has 0 saturated heterocycles. The van der Waals surface area contributed by atoms with Gasteiger partial charge in [0.1, 0.15) is 17.8 Å². The molecule has 2 rings (SSSR count). The number of nitrogens with zero attached hydrogens (tertiary/aromatic N) is 4. The van der Waals surface area contributed by atoms with Crippen LogP contribution >= 0.6 is 0 Å². The minimum atomic E-state index is -0.267. The maximum absolute atomic E-state index is 9.03. The summed E-state index contributed by atoms with van der Waals surface area (Å²) in [6, 6.07) is 9.81. The van der Waals surface area contributed by atoms with Gasteiger partial charge in [-0.1, -0.05) is 13.0 Å². The van der Waals surface area contributed by atoms with Crippen molar-refractivity contribution in [2.45, 2.75) is 19.3 Å². The van der Waals surface area contributed by atoms with E-state index in [1.807, 2.05) is 35.7 Å². The molecule has 0 amide bonds. The average molecular weight is 210 g/mol. The van der Waals surface area contributed by atoms with Crippen LogP contribution in [0.2, 0.25) is 0 Å². The van der Waals surface area contributed by atoms with Crippen LogP contribution in [0.4, 0.5) is 0 Å². The van der Waals surface area contributed by atoms with Crippen molar-refractivity contribution in [3.05, 3.63) is 35.9 Å². The monoisotopic (exact) mass is 210 g/mol. The summed E-state index contributed by atoms with van der Waals surface area (Å²) in [5, 5.41) is 18.0. The summed E-state index contributed by atoms with van der Waals surface area (Å²) in [6.45, 7) is 1.93. The molecule has 4 heteroatoms. The number of rotatable bonds is 2. The first-order chi connectivity index (χ1) is 7.81. The SMILES string of the molecule is CCC(C#N)c1nc(C#N)c2ccccn12. The van der Waals surface area contributed by atoms with E-state index in [0.29, 0.717) is 17.9 Å². The Hall–Kier alpha value is -2.33. The molecular weight excluding hydrogens is 200 g/mol. The van der Waals surface area contributed by atoms with Crippen LogP contribution in [-0.4, -0.2) is 9.38 Å². The summed E-state index contributed by atoms with van der Waals surface area (Å²) in [4.78, 5) is 4.23. The van der Waals surface area contributed by atoms with Crippen LogP contribution in [0.1, 0.15) is 30.8 Å². The van der Waals surface area contributed by atoms with E-state index >= 15 is 0 Å². The third-order valence-corrected chi connectivity index (χ3v) is 2.56. The molecule has 0 spiro atoms. The molecule has 16 heavy (non-hydrogen) atoms. The lowest BCUT2D eigenvalue weighted by Crippen LogP contribution is -2.00. The summed E-state index contributed by atoms with van der Waals surface area (Å²) in [5.41, 5.74) is 1.14. The van der Waals surface area contributed by atoms with Crippen molar-refractivity contribution in [2.24, 2.45) is 0 Å². The van der Waals surface area contributed by atoms with Gasteiger partial charge in [0.25, 0.3) is 0 Å². The topological polar surface area (TPSA) is 64.9 Å². The van der Waals surface area contributed by atoms with E-state index in [9.17, 15) is 0 Å². The third kappa shape index (κ3) is 1.41. The summed E-state index contributed by atoms with van der Waals surface area (Å²) < 4.78 is 1.82. The second-order valence-corrected chi connectivity index (χ2v) is 3.48. The summed E-state index contributed by atoms with van der Waals surface area (Å²) >= 11 is 0. The molecule has 1 unspecified atom stereocenters. The standard InChI is InChI=1S/C12H10N4/c1-2-9(7-13)12-15-10(8-14)11-5-3-4-6-16(11)12/h3-6,9H,2H2,1H3. The molecule has 2 aromatic rings. The van der Waals surface area contributed by atoms with Gasteiger partial charge in [-0.15, -0.1) is 0 Å². The molecule has 2 aromatic heterocycles. The Balaban J connectivity index is 2.73. The Morgan fingerprint density at radius 2 is 2.25 bits per heavy atom. The first-order valence-corrected chi connectivity index (χ1v) is 5.08. The predicted octanol–water partition coefficient (Wildman–Crippen LogP) is 2.22. The highest BCUT2D eigenvalue weighted by atomic mass is 15.0. The minimum absolute atomic E-state index is 0.267. The van der Waals surface area contributed by atoms with Crippen molar-refractivity contribution in [3.8, 4) is 12.1 Å². The van der Waals surface area contributed by atoms with Gasteiger partial charge >= 0.3 is 0 Å². The van der Waals surface area contributed by atoms with Crippen LogP contribution in [0.5, 0.6) is 0 Å². The maximum atomic E-state index is 9.03. The number of pyridine rings is 1. The van der Waals surface area contributed by atoms with Crippen molar-refractivity contribution >= 4 is 5.52 Å². The van der Waals surface area contributed by atoms with Crippen LogP contribution in [0.25, 0.3) is 5.52 Å². The lowest BCUT2D eigenvalue weighted by molar-refractivity contribution is 0.746. The van der Waals surface area contributed by atoms with E-state index in [4.69, 9.17) is 10.5 Å². The van der Waals surface area contributed by atoms with E-state index < -0.39 is 0 Å². The van der Waals surface area contributed by atoms with Crippen LogP contribution in [0.3, 0.4) is 0 Å². The zero-order valence-electron chi connectivity index (χ0n) is 8.88. The first kappa shape index (κ1) is 10.2. The summed E-state index contributed by atoms with van der Waals surface area (Å²) in [6.07, 6.45) is 2.52. The normalized spacial score (nSPS) is 11.9. The number of aromatic nitrogens is 2. The maximum Gasteiger partial charge on any atom is 0.166 e. The van der Waals surface area contributed by atoms with Gasteiger partial charge in [-0.3, -0.25) is 0 Å². The van der Waals surface area contributed by atoms with Gasteiger partial charge in [0.2, 0.25) is 0 Å². The van der Waals surface area contributed by atoms with E-state index in [1.165, 1.54) is 0 Å². The van der Waals surface area contributed by atoms with E-state index in [0.717, 1.165) is 5.52 Å². The molecule has 0 N–H and O–H groups in total. The van der Waals surface area contributed by atoms with Gasteiger partial charge in [-0.05, 0) is 18.6 Å². The van der Waals surface area contributed by atoms with Crippen molar-refractivity contribution in [1.82, 2.24) is 9.38 Å². The molecule has 0 bridgehead atoms. The fourth-order valence-electron chi connectivity index (χ4n) is 1.72.